The summed E-state index contributed by atoms with van der Waals surface area (Å²) in [5, 5.41) is 10.6. The van der Waals surface area contributed by atoms with E-state index in [1.165, 1.54) is 212 Å². The molecular formula is C81H158O17P2. The maximum Gasteiger partial charge on any atom is 0.472 e. The fourth-order valence-electron chi connectivity index (χ4n) is 12.4. The van der Waals surface area contributed by atoms with Gasteiger partial charge in [0.15, 0.2) is 12.2 Å². The van der Waals surface area contributed by atoms with Gasteiger partial charge in [-0.2, -0.15) is 0 Å². The number of carbonyl (C=O) groups is 4. The minimum Gasteiger partial charge on any atom is -0.462 e. The number of unbranched alkanes of at least 4 members (excludes halogenated alkanes) is 42. The van der Waals surface area contributed by atoms with E-state index in [0.717, 1.165) is 120 Å². The lowest BCUT2D eigenvalue weighted by Crippen LogP contribution is -2.30. The molecule has 17 nitrogen and oxygen atoms in total. The Morgan fingerprint density at radius 2 is 0.480 bits per heavy atom. The van der Waals surface area contributed by atoms with Crippen LogP contribution in [0.15, 0.2) is 0 Å². The number of phosphoric acid groups is 2. The van der Waals surface area contributed by atoms with Crippen LogP contribution in [0, 0.1) is 23.7 Å². The van der Waals surface area contributed by atoms with Gasteiger partial charge < -0.3 is 33.8 Å². The summed E-state index contributed by atoms with van der Waals surface area (Å²) in [6.07, 6.45) is 56.9. The van der Waals surface area contributed by atoms with Crippen molar-refractivity contribution in [2.24, 2.45) is 23.7 Å². The molecule has 100 heavy (non-hydrogen) atoms. The fourth-order valence-corrected chi connectivity index (χ4v) is 13.9. The summed E-state index contributed by atoms with van der Waals surface area (Å²) in [5.74, 6) is 1.02. The Balaban J connectivity index is 5.21. The second-order valence-corrected chi connectivity index (χ2v) is 33.5. The van der Waals surface area contributed by atoms with Crippen LogP contribution in [0.3, 0.4) is 0 Å². The number of hydrogen-bond donors (Lipinski definition) is 3. The number of rotatable bonds is 78. The zero-order chi connectivity index (χ0) is 73.8. The normalized spacial score (nSPS) is 14.6. The van der Waals surface area contributed by atoms with Gasteiger partial charge in [-0.3, -0.25) is 37.3 Å². The largest absolute Gasteiger partial charge is 0.472 e. The first-order chi connectivity index (χ1) is 48.2. The van der Waals surface area contributed by atoms with E-state index in [-0.39, 0.29) is 25.7 Å². The van der Waals surface area contributed by atoms with Gasteiger partial charge in [0.05, 0.1) is 26.4 Å². The number of carbonyl (C=O) groups excluding carboxylic acids is 4. The quantitative estimate of drug-likeness (QED) is 0.0222. The van der Waals surface area contributed by atoms with Gasteiger partial charge in [-0.05, 0) is 49.4 Å². The number of aliphatic hydroxyl groups excluding tert-OH is 1. The molecule has 0 spiro atoms. The van der Waals surface area contributed by atoms with E-state index in [1.54, 1.807) is 0 Å². The first kappa shape index (κ1) is 98.1. The second-order valence-electron chi connectivity index (χ2n) is 30.6. The number of aliphatic hydroxyl groups is 1. The summed E-state index contributed by atoms with van der Waals surface area (Å²) in [4.78, 5) is 73.0. The van der Waals surface area contributed by atoms with Crippen molar-refractivity contribution in [3.8, 4) is 0 Å². The molecule has 4 unspecified atom stereocenters. The van der Waals surface area contributed by atoms with Crippen LogP contribution >= 0.6 is 15.6 Å². The van der Waals surface area contributed by atoms with Crippen molar-refractivity contribution >= 4 is 39.5 Å². The molecule has 0 amide bonds. The summed E-state index contributed by atoms with van der Waals surface area (Å²) in [7, 11) is -9.92. The molecule has 0 heterocycles. The van der Waals surface area contributed by atoms with Crippen LogP contribution in [0.5, 0.6) is 0 Å². The van der Waals surface area contributed by atoms with Gasteiger partial charge in [0.25, 0.3) is 0 Å². The van der Waals surface area contributed by atoms with Gasteiger partial charge >= 0.3 is 39.5 Å². The predicted molar refractivity (Wildman–Crippen MR) is 409 cm³/mol. The summed E-state index contributed by atoms with van der Waals surface area (Å²) in [5.41, 5.74) is 0. The van der Waals surface area contributed by atoms with Crippen molar-refractivity contribution in [1.82, 2.24) is 0 Å². The monoisotopic (exact) mass is 1470 g/mol. The van der Waals surface area contributed by atoms with Crippen LogP contribution in [0.1, 0.15) is 415 Å². The Labute approximate surface area is 613 Å². The summed E-state index contributed by atoms with van der Waals surface area (Å²) < 4.78 is 68.7. The summed E-state index contributed by atoms with van der Waals surface area (Å²) in [6.45, 7) is 14.3. The van der Waals surface area contributed by atoms with E-state index in [4.69, 9.17) is 37.0 Å². The van der Waals surface area contributed by atoms with E-state index in [0.29, 0.717) is 25.7 Å². The highest BCUT2D eigenvalue weighted by Crippen LogP contribution is 2.45. The van der Waals surface area contributed by atoms with Crippen molar-refractivity contribution < 1.29 is 80.2 Å². The first-order valence-corrected chi connectivity index (χ1v) is 44.8. The highest BCUT2D eigenvalue weighted by atomic mass is 31.2. The van der Waals surface area contributed by atoms with E-state index in [9.17, 15) is 43.2 Å². The summed E-state index contributed by atoms with van der Waals surface area (Å²) in [6, 6.07) is 0. The van der Waals surface area contributed by atoms with Crippen molar-refractivity contribution in [3.63, 3.8) is 0 Å². The lowest BCUT2D eigenvalue weighted by Gasteiger charge is -2.21. The zero-order valence-electron chi connectivity index (χ0n) is 65.8. The van der Waals surface area contributed by atoms with Gasteiger partial charge in [-0.15, -0.1) is 0 Å². The first-order valence-electron chi connectivity index (χ1n) is 41.8. The van der Waals surface area contributed by atoms with E-state index in [1.807, 2.05) is 0 Å². The van der Waals surface area contributed by atoms with Gasteiger partial charge in [-0.1, -0.05) is 364 Å². The van der Waals surface area contributed by atoms with E-state index in [2.05, 4.69) is 55.4 Å². The number of phosphoric ester groups is 2. The highest BCUT2D eigenvalue weighted by molar-refractivity contribution is 7.47. The molecule has 0 aliphatic carbocycles. The lowest BCUT2D eigenvalue weighted by atomic mass is 9.99. The SMILES string of the molecule is CCC(C)CCCCCCCCCCCCC(=O)O[C@H](COC(=O)CCCCCCCCCCCCCCCCCCCCC(C)C)COP(=O)(O)OC[C@@H](O)COP(=O)(O)OC[C@@H](COC(=O)CCCCCCCCC(C)CC)OC(=O)CCCCCCCCCCCCCCC(C)C. The van der Waals surface area contributed by atoms with Crippen molar-refractivity contribution in [2.45, 2.75) is 433 Å². The van der Waals surface area contributed by atoms with Gasteiger partial charge in [0.1, 0.15) is 19.3 Å². The van der Waals surface area contributed by atoms with Crippen molar-refractivity contribution in [1.29, 1.82) is 0 Å². The minimum absolute atomic E-state index is 0.106. The molecule has 0 rings (SSSR count). The molecule has 0 aliphatic rings. The van der Waals surface area contributed by atoms with Crippen LogP contribution < -0.4 is 0 Å². The number of ether oxygens (including phenoxy) is 4. The number of esters is 4. The zero-order valence-corrected chi connectivity index (χ0v) is 67.6. The number of hydrogen-bond acceptors (Lipinski definition) is 15. The lowest BCUT2D eigenvalue weighted by molar-refractivity contribution is -0.161. The molecule has 3 N–H and O–H groups in total. The predicted octanol–water partition coefficient (Wildman–Crippen LogP) is 24.0. The molecule has 0 aromatic heterocycles. The third kappa shape index (κ3) is 71.7. The standard InChI is InChI=1S/C81H158O17P2/c1-9-73(7)59-51-43-35-29-25-26-32-38-48-56-64-81(86)97-76(67-91-78(83)61-53-45-36-30-23-18-16-14-12-11-13-15-17-21-27-33-41-49-57-71(3)4)69-95-99(87,88)93-65-75(82)66-94-100(89,90)96-70-77(68-92-79(84)62-54-46-40-39-44-52-60-74(8)10-2)98-80(85)63-55-47-37-31-24-20-19-22-28-34-42-50-58-72(5)6/h71-77,82H,9-70H2,1-8H3,(H,87,88)(H,89,90)/t73?,74?,75-,76-,77-/m1/s1. The Bertz CT molecular complexity index is 1960. The molecule has 7 atom stereocenters. The molecule has 19 heteroatoms. The van der Waals surface area contributed by atoms with Crippen LogP contribution in [0.4, 0.5) is 0 Å². The Hall–Kier alpha value is -1.94. The van der Waals surface area contributed by atoms with Crippen LogP contribution in [0.25, 0.3) is 0 Å². The van der Waals surface area contributed by atoms with Crippen LogP contribution in [0.2, 0.25) is 0 Å². The van der Waals surface area contributed by atoms with Gasteiger partial charge in [0.2, 0.25) is 0 Å². The average Bonchev–Trinajstić information content (AvgIpc) is 0.979. The molecule has 0 saturated heterocycles. The molecule has 0 fully saturated rings. The molecule has 0 bridgehead atoms. The van der Waals surface area contributed by atoms with E-state index < -0.39 is 97.5 Å². The Morgan fingerprint density at radius 3 is 0.710 bits per heavy atom. The van der Waals surface area contributed by atoms with Crippen molar-refractivity contribution in [2.75, 3.05) is 39.6 Å². The van der Waals surface area contributed by atoms with Crippen LogP contribution in [-0.4, -0.2) is 96.7 Å². The second kappa shape index (κ2) is 70.1. The Morgan fingerprint density at radius 1 is 0.280 bits per heavy atom. The van der Waals surface area contributed by atoms with Gasteiger partial charge in [-0.25, -0.2) is 9.13 Å². The minimum atomic E-state index is -4.96. The molecular weight excluding hydrogens is 1310 g/mol. The third-order valence-corrected chi connectivity index (χ3v) is 21.4. The maximum absolute atomic E-state index is 13.1. The molecule has 594 valence electrons. The smallest absolute Gasteiger partial charge is 0.462 e. The average molecular weight is 1470 g/mol. The third-order valence-electron chi connectivity index (χ3n) is 19.5. The summed E-state index contributed by atoms with van der Waals surface area (Å²) >= 11 is 0. The molecule has 0 aliphatic heterocycles. The maximum atomic E-state index is 13.1. The van der Waals surface area contributed by atoms with E-state index >= 15 is 0 Å². The molecule has 0 aromatic rings. The van der Waals surface area contributed by atoms with Crippen molar-refractivity contribution in [3.05, 3.63) is 0 Å². The molecule has 0 aromatic carbocycles. The molecule has 0 saturated carbocycles. The molecule has 0 radical (unpaired) electrons. The topological polar surface area (TPSA) is 237 Å². The van der Waals surface area contributed by atoms with Crippen LogP contribution in [-0.2, 0) is 65.4 Å². The Kier molecular flexibility index (Phi) is 68.7. The fraction of sp³-hybridized carbons (Fsp3) is 0.951. The highest BCUT2D eigenvalue weighted by Gasteiger charge is 2.30. The van der Waals surface area contributed by atoms with Gasteiger partial charge in [0, 0.05) is 25.7 Å².